The maximum absolute atomic E-state index is 12.7. The van der Waals surface area contributed by atoms with Crippen molar-refractivity contribution in [2.45, 2.75) is 6.17 Å². The van der Waals surface area contributed by atoms with Crippen molar-refractivity contribution in [1.29, 1.82) is 0 Å². The lowest BCUT2D eigenvalue weighted by Crippen LogP contribution is -2.23. The molecular weight excluding hydrogens is 171 g/mol. The Hall–Kier alpha value is -1.14. The van der Waals surface area contributed by atoms with Crippen molar-refractivity contribution in [3.63, 3.8) is 0 Å². The van der Waals surface area contributed by atoms with E-state index in [-0.39, 0.29) is 0 Å². The van der Waals surface area contributed by atoms with E-state index in [9.17, 15) is 13.2 Å². The van der Waals surface area contributed by atoms with Gasteiger partial charge >= 0.3 is 0 Å². The van der Waals surface area contributed by atoms with Gasteiger partial charge in [-0.3, -0.25) is 4.98 Å². The molecule has 0 aromatic carbocycles. The summed E-state index contributed by atoms with van der Waals surface area (Å²) in [5.74, 6) is -4.41. The zero-order chi connectivity index (χ0) is 9.30. The summed E-state index contributed by atoms with van der Waals surface area (Å²) in [6.07, 6.45) is -0.722. The minimum atomic E-state index is -1.61. The molecule has 1 aromatic heterocycles. The fraction of sp³-hybridized carbons (Fsp3) is 0.167. The molecule has 1 heterocycles. The summed E-state index contributed by atoms with van der Waals surface area (Å²) in [6.45, 7) is 0. The molecule has 0 spiro atoms. The van der Waals surface area contributed by atoms with Gasteiger partial charge in [0.25, 0.3) is 0 Å². The summed E-state index contributed by atoms with van der Waals surface area (Å²) in [5.41, 5.74) is 9.55. The number of aromatic nitrogens is 1. The molecule has 1 aromatic rings. The van der Waals surface area contributed by atoms with E-state index in [2.05, 4.69) is 4.98 Å². The first-order valence-electron chi connectivity index (χ1n) is 3.04. The molecule has 3 nitrogen and oxygen atoms in total. The molecule has 0 aliphatic rings. The molecule has 0 bridgehead atoms. The topological polar surface area (TPSA) is 64.9 Å². The second-order valence-electron chi connectivity index (χ2n) is 2.15. The number of halogens is 3. The van der Waals surface area contributed by atoms with Crippen molar-refractivity contribution >= 4 is 0 Å². The lowest BCUT2D eigenvalue weighted by molar-refractivity contribution is 0.426. The summed E-state index contributed by atoms with van der Waals surface area (Å²) < 4.78 is 37.4. The van der Waals surface area contributed by atoms with Crippen LogP contribution < -0.4 is 11.5 Å². The molecule has 0 aliphatic heterocycles. The Kier molecular flexibility index (Phi) is 2.30. The molecule has 0 aliphatic carbocycles. The minimum absolute atomic E-state index is 0.492. The third-order valence-corrected chi connectivity index (χ3v) is 1.26. The van der Waals surface area contributed by atoms with Gasteiger partial charge in [0.15, 0.2) is 17.5 Å². The largest absolute Gasteiger partial charge is 0.311 e. The van der Waals surface area contributed by atoms with Crippen LogP contribution in [0, 0.1) is 17.5 Å². The molecule has 0 unspecified atom stereocenters. The van der Waals surface area contributed by atoms with Gasteiger partial charge in [-0.1, -0.05) is 0 Å². The fourth-order valence-electron chi connectivity index (χ4n) is 0.689. The zero-order valence-electron chi connectivity index (χ0n) is 5.89. The van der Waals surface area contributed by atoms with Gasteiger partial charge in [0.2, 0.25) is 0 Å². The first kappa shape index (κ1) is 8.95. The van der Waals surface area contributed by atoms with Crippen molar-refractivity contribution in [1.82, 2.24) is 4.98 Å². The molecular formula is C6H6F3N3. The van der Waals surface area contributed by atoms with Crippen LogP contribution in [-0.4, -0.2) is 4.98 Å². The van der Waals surface area contributed by atoms with Gasteiger partial charge in [-0.25, -0.2) is 13.2 Å². The minimum Gasteiger partial charge on any atom is -0.311 e. The molecule has 0 radical (unpaired) electrons. The molecule has 1 rings (SSSR count). The van der Waals surface area contributed by atoms with Crippen molar-refractivity contribution in [2.75, 3.05) is 0 Å². The third kappa shape index (κ3) is 1.39. The van der Waals surface area contributed by atoms with Gasteiger partial charge in [0.05, 0.1) is 12.4 Å². The Morgan fingerprint density at radius 3 is 2.25 bits per heavy atom. The molecule has 0 saturated carbocycles. The zero-order valence-corrected chi connectivity index (χ0v) is 5.89. The Morgan fingerprint density at radius 1 is 1.17 bits per heavy atom. The van der Waals surface area contributed by atoms with E-state index >= 15 is 0 Å². The standard InChI is InChI=1S/C6H6F3N3/c7-2-1-12-5(6(10)11)4(9)3(2)8/h1,6H,10-11H2. The predicted molar refractivity (Wildman–Crippen MR) is 35.2 cm³/mol. The Morgan fingerprint density at radius 2 is 1.75 bits per heavy atom. The van der Waals surface area contributed by atoms with Crippen LogP contribution in [-0.2, 0) is 0 Å². The van der Waals surface area contributed by atoms with Crippen molar-refractivity contribution in [3.05, 3.63) is 29.3 Å². The van der Waals surface area contributed by atoms with Gasteiger partial charge in [-0.15, -0.1) is 0 Å². The molecule has 0 fully saturated rings. The normalized spacial score (nSPS) is 10.8. The Bertz CT molecular complexity index is 300. The van der Waals surface area contributed by atoms with Gasteiger partial charge < -0.3 is 11.5 Å². The number of pyridine rings is 1. The maximum atomic E-state index is 12.7. The molecule has 0 saturated heterocycles. The van der Waals surface area contributed by atoms with Crippen LogP contribution in [0.4, 0.5) is 13.2 Å². The first-order chi connectivity index (χ1) is 5.54. The number of nitrogens with two attached hydrogens (primary N) is 2. The van der Waals surface area contributed by atoms with Crippen molar-refractivity contribution < 1.29 is 13.2 Å². The number of rotatable bonds is 1. The SMILES string of the molecule is NC(N)c1ncc(F)c(F)c1F. The van der Waals surface area contributed by atoms with Crippen molar-refractivity contribution in [2.24, 2.45) is 11.5 Å². The van der Waals surface area contributed by atoms with E-state index in [1.54, 1.807) is 0 Å². The lowest BCUT2D eigenvalue weighted by atomic mass is 10.3. The van der Waals surface area contributed by atoms with E-state index in [0.717, 1.165) is 0 Å². The first-order valence-corrected chi connectivity index (χ1v) is 3.04. The molecule has 66 valence electrons. The van der Waals surface area contributed by atoms with Gasteiger partial charge in [-0.05, 0) is 0 Å². The van der Waals surface area contributed by atoms with Gasteiger partial charge in [0, 0.05) is 0 Å². The smallest absolute Gasteiger partial charge is 0.198 e. The van der Waals surface area contributed by atoms with Crippen LogP contribution in [0.2, 0.25) is 0 Å². The summed E-state index contributed by atoms with van der Waals surface area (Å²) in [5, 5.41) is 0. The molecule has 0 amide bonds. The monoisotopic (exact) mass is 177 g/mol. The van der Waals surface area contributed by atoms with Crippen molar-refractivity contribution in [3.8, 4) is 0 Å². The number of hydrogen-bond donors (Lipinski definition) is 2. The van der Waals surface area contributed by atoms with E-state index in [1.807, 2.05) is 0 Å². The fourth-order valence-corrected chi connectivity index (χ4v) is 0.689. The van der Waals surface area contributed by atoms with Crippen LogP contribution in [0.5, 0.6) is 0 Å². The van der Waals surface area contributed by atoms with E-state index < -0.39 is 29.3 Å². The average molecular weight is 177 g/mol. The van der Waals surface area contributed by atoms with Gasteiger partial charge in [0.1, 0.15) is 5.69 Å². The average Bonchev–Trinajstić information content (AvgIpc) is 2.00. The van der Waals surface area contributed by atoms with E-state index in [4.69, 9.17) is 11.5 Å². The summed E-state index contributed by atoms with van der Waals surface area (Å²) >= 11 is 0. The highest BCUT2D eigenvalue weighted by molar-refractivity contribution is 5.13. The lowest BCUT2D eigenvalue weighted by Gasteiger charge is -2.05. The van der Waals surface area contributed by atoms with E-state index in [0.29, 0.717) is 6.20 Å². The highest BCUT2D eigenvalue weighted by Crippen LogP contribution is 2.14. The van der Waals surface area contributed by atoms with Crippen LogP contribution in [0.3, 0.4) is 0 Å². The van der Waals surface area contributed by atoms with Gasteiger partial charge in [-0.2, -0.15) is 0 Å². The molecule has 4 N–H and O–H groups in total. The van der Waals surface area contributed by atoms with Crippen LogP contribution in [0.1, 0.15) is 11.9 Å². The second-order valence-corrected chi connectivity index (χ2v) is 2.15. The third-order valence-electron chi connectivity index (χ3n) is 1.26. The van der Waals surface area contributed by atoms with Crippen LogP contribution >= 0.6 is 0 Å². The van der Waals surface area contributed by atoms with E-state index in [1.165, 1.54) is 0 Å². The van der Waals surface area contributed by atoms with Crippen LogP contribution in [0.25, 0.3) is 0 Å². The Labute approximate surface area is 66.2 Å². The highest BCUT2D eigenvalue weighted by atomic mass is 19.2. The second kappa shape index (κ2) is 3.08. The number of hydrogen-bond acceptors (Lipinski definition) is 3. The summed E-state index contributed by atoms with van der Waals surface area (Å²) in [7, 11) is 0. The highest BCUT2D eigenvalue weighted by Gasteiger charge is 2.17. The molecule has 6 heteroatoms. The quantitative estimate of drug-likeness (QED) is 0.611. The molecule has 0 atom stereocenters. The Balaban J connectivity index is 3.27. The summed E-state index contributed by atoms with van der Waals surface area (Å²) in [4.78, 5) is 3.20. The maximum Gasteiger partial charge on any atom is 0.198 e. The summed E-state index contributed by atoms with van der Waals surface area (Å²) in [6, 6.07) is 0. The predicted octanol–water partition coefficient (Wildman–Crippen LogP) is 0.415. The van der Waals surface area contributed by atoms with Crippen LogP contribution in [0.15, 0.2) is 6.20 Å². The molecule has 12 heavy (non-hydrogen) atoms. The number of nitrogens with zero attached hydrogens (tertiary/aromatic N) is 1.